The number of halogens is 1. The molecule has 0 atom stereocenters. The third-order valence-electron chi connectivity index (χ3n) is 3.37. The number of aromatic nitrogens is 5. The van der Waals surface area contributed by atoms with Crippen molar-refractivity contribution in [3.63, 3.8) is 0 Å². The number of nitro groups is 1. The molecular weight excluding hydrogens is 382 g/mol. The van der Waals surface area contributed by atoms with Gasteiger partial charge in [-0.1, -0.05) is 16.8 Å². The predicted octanol–water partition coefficient (Wildman–Crippen LogP) is 0.866. The molecule has 1 aromatic carbocycles. The molecule has 13 nitrogen and oxygen atoms in total. The summed E-state index contributed by atoms with van der Waals surface area (Å²) in [5, 5.41) is 29.3. The minimum absolute atomic E-state index is 0.0201. The topological polar surface area (TPSA) is 180 Å². The summed E-state index contributed by atoms with van der Waals surface area (Å²) in [6, 6.07) is 3.83. The van der Waals surface area contributed by atoms with Crippen LogP contribution in [0.15, 0.2) is 27.9 Å². The van der Waals surface area contributed by atoms with Crippen molar-refractivity contribution < 1.29 is 14.3 Å². The molecule has 0 aliphatic rings. The van der Waals surface area contributed by atoms with Gasteiger partial charge in [-0.3, -0.25) is 14.9 Å². The molecule has 0 bridgehead atoms. The minimum Gasteiger partial charge on any atom is -0.378 e. The maximum absolute atomic E-state index is 12.2. The van der Waals surface area contributed by atoms with Gasteiger partial charge in [0.15, 0.2) is 5.69 Å². The van der Waals surface area contributed by atoms with Crippen LogP contribution >= 0.6 is 11.6 Å². The average molecular weight is 392 g/mol. The van der Waals surface area contributed by atoms with E-state index in [2.05, 4.69) is 35.8 Å². The van der Waals surface area contributed by atoms with Crippen molar-refractivity contribution in [3.8, 4) is 5.82 Å². The van der Waals surface area contributed by atoms with Gasteiger partial charge in [-0.2, -0.15) is 9.78 Å². The molecule has 138 valence electrons. The molecule has 0 saturated heterocycles. The SMILES string of the molecule is Cc1c(C(=O)N/N=C/c2cc([N+](=O)[O-])ccc2Cl)nnn1-c1nonc1N. The van der Waals surface area contributed by atoms with Gasteiger partial charge in [-0.25, -0.2) is 10.1 Å². The van der Waals surface area contributed by atoms with E-state index in [1.807, 2.05) is 0 Å². The maximum atomic E-state index is 12.2. The number of nitro benzene ring substituents is 1. The zero-order valence-corrected chi connectivity index (χ0v) is 14.3. The molecule has 0 saturated carbocycles. The molecule has 3 aromatic rings. The zero-order valence-electron chi connectivity index (χ0n) is 13.5. The van der Waals surface area contributed by atoms with Crippen molar-refractivity contribution in [2.24, 2.45) is 5.10 Å². The number of nitrogens with two attached hydrogens (primary N) is 1. The van der Waals surface area contributed by atoms with E-state index >= 15 is 0 Å². The number of carbonyl (C=O) groups excluding carboxylic acids is 1. The Balaban J connectivity index is 1.76. The highest BCUT2D eigenvalue weighted by Gasteiger charge is 2.20. The molecule has 0 unspecified atom stereocenters. The van der Waals surface area contributed by atoms with Crippen LogP contribution in [0.25, 0.3) is 5.82 Å². The first-order chi connectivity index (χ1) is 12.9. The Hall–Kier alpha value is -3.87. The predicted molar refractivity (Wildman–Crippen MR) is 91.5 cm³/mol. The van der Waals surface area contributed by atoms with E-state index in [1.54, 1.807) is 6.92 Å². The number of benzene rings is 1. The van der Waals surface area contributed by atoms with Gasteiger partial charge in [-0.05, 0) is 23.3 Å². The van der Waals surface area contributed by atoms with Crippen LogP contribution in [0.2, 0.25) is 5.02 Å². The molecular formula is C13H10ClN9O4. The standard InChI is InChI=1S/C13H10ClN9O4/c1-6-10(17-21-22(6)12-11(15)19-27-20-12)13(24)18-16-5-7-4-8(23(25)26)2-3-9(7)14/h2-5H,1H3,(H2,15,19)(H,18,24)/b16-5+. The van der Waals surface area contributed by atoms with E-state index in [1.165, 1.54) is 29.1 Å². The lowest BCUT2D eigenvalue weighted by atomic mass is 10.2. The van der Waals surface area contributed by atoms with Crippen LogP contribution in [0, 0.1) is 17.0 Å². The number of amides is 1. The molecule has 14 heteroatoms. The fraction of sp³-hybridized carbons (Fsp3) is 0.0769. The van der Waals surface area contributed by atoms with E-state index in [-0.39, 0.29) is 33.6 Å². The van der Waals surface area contributed by atoms with Crippen molar-refractivity contribution in [2.75, 3.05) is 5.73 Å². The largest absolute Gasteiger partial charge is 0.378 e. The summed E-state index contributed by atoms with van der Waals surface area (Å²) in [6.07, 6.45) is 1.17. The number of nitrogen functional groups attached to an aromatic ring is 1. The summed E-state index contributed by atoms with van der Waals surface area (Å²) in [4.78, 5) is 22.4. The van der Waals surface area contributed by atoms with Crippen LogP contribution in [0.3, 0.4) is 0 Å². The number of anilines is 1. The zero-order chi connectivity index (χ0) is 19.6. The molecule has 0 radical (unpaired) electrons. The van der Waals surface area contributed by atoms with Crippen LogP contribution in [-0.4, -0.2) is 42.4 Å². The van der Waals surface area contributed by atoms with Crippen LogP contribution in [0.5, 0.6) is 0 Å². The third kappa shape index (κ3) is 3.57. The first-order valence-corrected chi connectivity index (χ1v) is 7.54. The van der Waals surface area contributed by atoms with Crippen LogP contribution < -0.4 is 11.2 Å². The number of nitrogens with one attached hydrogen (secondary N) is 1. The van der Waals surface area contributed by atoms with Gasteiger partial charge in [0.1, 0.15) is 0 Å². The highest BCUT2D eigenvalue weighted by atomic mass is 35.5. The molecule has 27 heavy (non-hydrogen) atoms. The van der Waals surface area contributed by atoms with Gasteiger partial charge < -0.3 is 5.73 Å². The Kier molecular flexibility index (Phi) is 4.76. The highest BCUT2D eigenvalue weighted by molar-refractivity contribution is 6.33. The minimum atomic E-state index is -0.674. The van der Waals surface area contributed by atoms with Crippen LogP contribution in [0.4, 0.5) is 11.5 Å². The van der Waals surface area contributed by atoms with Crippen molar-refractivity contribution >= 4 is 35.2 Å². The summed E-state index contributed by atoms with van der Waals surface area (Å²) in [5.74, 6) is -0.606. The Morgan fingerprint density at radius 2 is 2.26 bits per heavy atom. The number of carbonyl (C=O) groups is 1. The van der Waals surface area contributed by atoms with E-state index < -0.39 is 10.8 Å². The van der Waals surface area contributed by atoms with Gasteiger partial charge >= 0.3 is 0 Å². The average Bonchev–Trinajstić information content (AvgIpc) is 3.21. The third-order valence-corrected chi connectivity index (χ3v) is 3.71. The summed E-state index contributed by atoms with van der Waals surface area (Å²) >= 11 is 5.95. The smallest absolute Gasteiger partial charge is 0.293 e. The summed E-state index contributed by atoms with van der Waals surface area (Å²) in [6.45, 7) is 1.56. The summed E-state index contributed by atoms with van der Waals surface area (Å²) in [5.41, 5.74) is 8.18. The second-order valence-electron chi connectivity index (χ2n) is 5.07. The number of non-ortho nitro benzene ring substituents is 1. The fourth-order valence-electron chi connectivity index (χ4n) is 2.03. The molecule has 3 N–H and O–H groups in total. The van der Waals surface area contributed by atoms with Gasteiger partial charge in [0, 0.05) is 22.7 Å². The number of hydrogen-bond donors (Lipinski definition) is 2. The van der Waals surface area contributed by atoms with Gasteiger partial charge in [-0.15, -0.1) is 5.10 Å². The number of hydrogen-bond acceptors (Lipinski definition) is 10. The van der Waals surface area contributed by atoms with E-state index in [9.17, 15) is 14.9 Å². The van der Waals surface area contributed by atoms with Crippen molar-refractivity contribution in [3.05, 3.63) is 50.3 Å². The molecule has 1 amide bonds. The molecule has 0 aliphatic heterocycles. The molecule has 0 spiro atoms. The van der Waals surface area contributed by atoms with E-state index in [0.717, 1.165) is 0 Å². The van der Waals surface area contributed by atoms with Crippen LogP contribution in [-0.2, 0) is 0 Å². The molecule has 2 aromatic heterocycles. The first-order valence-electron chi connectivity index (χ1n) is 7.16. The monoisotopic (exact) mass is 391 g/mol. The Labute approximate surface area is 154 Å². The first kappa shape index (κ1) is 17.9. The number of nitrogens with zero attached hydrogens (tertiary/aromatic N) is 7. The second-order valence-corrected chi connectivity index (χ2v) is 5.48. The quantitative estimate of drug-likeness (QED) is 0.362. The normalized spacial score (nSPS) is 11.0. The van der Waals surface area contributed by atoms with Crippen molar-refractivity contribution in [1.29, 1.82) is 0 Å². The molecule has 3 rings (SSSR count). The Morgan fingerprint density at radius 3 is 2.93 bits per heavy atom. The maximum Gasteiger partial charge on any atom is 0.293 e. The second kappa shape index (κ2) is 7.17. The van der Waals surface area contributed by atoms with Crippen molar-refractivity contribution in [1.82, 2.24) is 30.7 Å². The lowest BCUT2D eigenvalue weighted by Crippen LogP contribution is -2.19. The number of hydrazone groups is 1. The van der Waals surface area contributed by atoms with Gasteiger partial charge in [0.25, 0.3) is 11.6 Å². The van der Waals surface area contributed by atoms with E-state index in [4.69, 9.17) is 17.3 Å². The van der Waals surface area contributed by atoms with Crippen LogP contribution in [0.1, 0.15) is 21.7 Å². The summed E-state index contributed by atoms with van der Waals surface area (Å²) in [7, 11) is 0. The molecule has 0 fully saturated rings. The fourth-order valence-corrected chi connectivity index (χ4v) is 2.20. The van der Waals surface area contributed by atoms with Gasteiger partial charge in [0.05, 0.1) is 16.8 Å². The lowest BCUT2D eigenvalue weighted by molar-refractivity contribution is -0.384. The Bertz CT molecular complexity index is 1060. The number of rotatable bonds is 5. The highest BCUT2D eigenvalue weighted by Crippen LogP contribution is 2.20. The van der Waals surface area contributed by atoms with Gasteiger partial charge in [0.2, 0.25) is 11.6 Å². The molecule has 0 aliphatic carbocycles. The summed E-state index contributed by atoms with van der Waals surface area (Å²) < 4.78 is 5.66. The molecule has 2 heterocycles. The lowest BCUT2D eigenvalue weighted by Gasteiger charge is -2.00. The van der Waals surface area contributed by atoms with E-state index in [0.29, 0.717) is 5.69 Å². The van der Waals surface area contributed by atoms with Crippen molar-refractivity contribution in [2.45, 2.75) is 6.92 Å². The Morgan fingerprint density at radius 1 is 1.48 bits per heavy atom.